The molecule has 1 unspecified atom stereocenters. The largest absolute Gasteiger partial charge is 0.378 e. The van der Waals surface area contributed by atoms with Gasteiger partial charge in [0.1, 0.15) is 11.6 Å². The average molecular weight is 382 g/mol. The number of halogens is 1. The average Bonchev–Trinajstić information content (AvgIpc) is 3.24. The number of aromatic nitrogens is 2. The molecular formula is C20H23FN6O. The molecule has 1 atom stereocenters. The maximum Gasteiger partial charge on any atom is 0.227 e. The highest BCUT2D eigenvalue weighted by Crippen LogP contribution is 2.27. The zero-order chi connectivity index (χ0) is 19.5. The molecule has 0 radical (unpaired) electrons. The van der Waals surface area contributed by atoms with E-state index in [-0.39, 0.29) is 11.9 Å². The predicted molar refractivity (Wildman–Crippen MR) is 105 cm³/mol. The van der Waals surface area contributed by atoms with E-state index < -0.39 is 0 Å². The van der Waals surface area contributed by atoms with E-state index in [0.29, 0.717) is 18.8 Å². The first-order chi connectivity index (χ1) is 13.6. The van der Waals surface area contributed by atoms with Crippen molar-refractivity contribution in [1.29, 1.82) is 5.26 Å². The number of nitriles is 1. The minimum atomic E-state index is -0.378. The summed E-state index contributed by atoms with van der Waals surface area (Å²) in [5.41, 5.74) is 1.10. The van der Waals surface area contributed by atoms with Gasteiger partial charge >= 0.3 is 0 Å². The molecule has 8 heteroatoms. The van der Waals surface area contributed by atoms with Crippen LogP contribution in [0.15, 0.2) is 30.5 Å². The van der Waals surface area contributed by atoms with Gasteiger partial charge in [0.25, 0.3) is 0 Å². The summed E-state index contributed by atoms with van der Waals surface area (Å²) in [5.74, 6) is 1.23. The Balaban J connectivity index is 1.47. The van der Waals surface area contributed by atoms with E-state index in [0.717, 1.165) is 50.1 Å². The second kappa shape index (κ2) is 7.98. The fourth-order valence-corrected chi connectivity index (χ4v) is 3.75. The zero-order valence-corrected chi connectivity index (χ0v) is 15.9. The monoisotopic (exact) mass is 382 g/mol. The lowest BCUT2D eigenvalue weighted by molar-refractivity contribution is 0.122. The summed E-state index contributed by atoms with van der Waals surface area (Å²) in [6.45, 7) is 4.54. The molecule has 0 saturated carbocycles. The topological polar surface area (TPSA) is 68.5 Å². The highest BCUT2D eigenvalue weighted by molar-refractivity contribution is 5.54. The summed E-state index contributed by atoms with van der Waals surface area (Å²) in [6.07, 6.45) is 2.73. The van der Waals surface area contributed by atoms with Crippen molar-refractivity contribution in [2.45, 2.75) is 12.5 Å². The molecule has 1 aromatic heterocycles. The van der Waals surface area contributed by atoms with Gasteiger partial charge in [0.15, 0.2) is 0 Å². The molecule has 2 fully saturated rings. The van der Waals surface area contributed by atoms with Gasteiger partial charge in [0.2, 0.25) is 5.95 Å². The summed E-state index contributed by atoms with van der Waals surface area (Å²) in [5, 5.41) is 9.08. The van der Waals surface area contributed by atoms with Gasteiger partial charge in [-0.25, -0.2) is 9.37 Å². The molecule has 0 amide bonds. The SMILES string of the molecule is CN(c1ccnc(N2CCOCC2)n1)C1CCN(c2cc(F)cc(C#N)c2)C1. The highest BCUT2D eigenvalue weighted by atomic mass is 19.1. The first kappa shape index (κ1) is 18.4. The van der Waals surface area contributed by atoms with E-state index in [2.05, 4.69) is 19.7 Å². The Hall–Kier alpha value is -2.92. The molecule has 1 aromatic carbocycles. The number of ether oxygens (including phenoxy) is 1. The Kier molecular flexibility index (Phi) is 5.26. The molecule has 2 aliphatic rings. The minimum absolute atomic E-state index is 0.251. The first-order valence-corrected chi connectivity index (χ1v) is 9.48. The number of hydrogen-bond donors (Lipinski definition) is 0. The van der Waals surface area contributed by atoms with Crippen molar-refractivity contribution < 1.29 is 9.13 Å². The second-order valence-corrected chi connectivity index (χ2v) is 7.12. The van der Waals surface area contributed by atoms with Crippen molar-refractivity contribution in [1.82, 2.24) is 9.97 Å². The van der Waals surface area contributed by atoms with Crippen molar-refractivity contribution in [2.75, 3.05) is 61.1 Å². The Morgan fingerprint density at radius 1 is 1.21 bits per heavy atom. The summed E-state index contributed by atoms with van der Waals surface area (Å²) < 4.78 is 19.2. The van der Waals surface area contributed by atoms with Crippen LogP contribution in [0.2, 0.25) is 0 Å². The molecule has 3 heterocycles. The standard InChI is InChI=1S/C20H23FN6O/c1-25(19-2-4-23-20(24-19)26-6-8-28-9-7-26)17-3-5-27(14-17)18-11-15(13-22)10-16(21)12-18/h2,4,10-12,17H,3,5-9,14H2,1H3. The van der Waals surface area contributed by atoms with Gasteiger partial charge in [-0.2, -0.15) is 10.2 Å². The van der Waals surface area contributed by atoms with Gasteiger partial charge in [-0.15, -0.1) is 0 Å². The van der Waals surface area contributed by atoms with Gasteiger partial charge in [-0.1, -0.05) is 0 Å². The highest BCUT2D eigenvalue weighted by Gasteiger charge is 2.28. The fourth-order valence-electron chi connectivity index (χ4n) is 3.75. The third-order valence-corrected chi connectivity index (χ3v) is 5.37. The third-order valence-electron chi connectivity index (χ3n) is 5.37. The van der Waals surface area contributed by atoms with Crippen LogP contribution in [0.25, 0.3) is 0 Å². The van der Waals surface area contributed by atoms with Crippen LogP contribution in [0, 0.1) is 17.1 Å². The molecule has 28 heavy (non-hydrogen) atoms. The van der Waals surface area contributed by atoms with E-state index in [9.17, 15) is 4.39 Å². The number of likely N-dealkylation sites (N-methyl/N-ethyl adjacent to an activating group) is 1. The third kappa shape index (κ3) is 3.85. The summed E-state index contributed by atoms with van der Waals surface area (Å²) in [7, 11) is 2.03. The molecular weight excluding hydrogens is 359 g/mol. The predicted octanol–water partition coefficient (Wildman–Crippen LogP) is 2.04. The van der Waals surface area contributed by atoms with Gasteiger partial charge in [-0.05, 0) is 30.7 Å². The molecule has 2 saturated heterocycles. The number of nitrogens with zero attached hydrogens (tertiary/aromatic N) is 6. The molecule has 0 aliphatic carbocycles. The molecule has 0 bridgehead atoms. The van der Waals surface area contributed by atoms with Gasteiger partial charge in [0.05, 0.1) is 24.8 Å². The van der Waals surface area contributed by atoms with Crippen molar-refractivity contribution in [3.05, 3.63) is 41.8 Å². The van der Waals surface area contributed by atoms with Crippen LogP contribution in [0.5, 0.6) is 0 Å². The van der Waals surface area contributed by atoms with Crippen LogP contribution >= 0.6 is 0 Å². The number of hydrogen-bond acceptors (Lipinski definition) is 7. The maximum absolute atomic E-state index is 13.8. The van der Waals surface area contributed by atoms with E-state index >= 15 is 0 Å². The van der Waals surface area contributed by atoms with E-state index in [1.54, 1.807) is 12.3 Å². The molecule has 2 aromatic rings. The van der Waals surface area contributed by atoms with Crippen LogP contribution in [-0.4, -0.2) is 62.5 Å². The lowest BCUT2D eigenvalue weighted by Crippen LogP contribution is -2.38. The number of rotatable bonds is 4. The van der Waals surface area contributed by atoms with Crippen molar-refractivity contribution >= 4 is 17.5 Å². The van der Waals surface area contributed by atoms with Gasteiger partial charge in [0, 0.05) is 51.2 Å². The molecule has 146 valence electrons. The van der Waals surface area contributed by atoms with Crippen LogP contribution in [0.3, 0.4) is 0 Å². The molecule has 2 aliphatic heterocycles. The van der Waals surface area contributed by atoms with Crippen molar-refractivity contribution in [3.8, 4) is 6.07 Å². The number of benzene rings is 1. The Morgan fingerprint density at radius 3 is 2.82 bits per heavy atom. The molecule has 0 spiro atoms. The summed E-state index contributed by atoms with van der Waals surface area (Å²) in [6, 6.07) is 8.69. The molecule has 0 N–H and O–H groups in total. The fraction of sp³-hybridized carbons (Fsp3) is 0.450. The van der Waals surface area contributed by atoms with Gasteiger partial charge in [-0.3, -0.25) is 0 Å². The van der Waals surface area contributed by atoms with E-state index in [1.807, 2.05) is 19.2 Å². The quantitative estimate of drug-likeness (QED) is 0.801. The molecule has 4 rings (SSSR count). The first-order valence-electron chi connectivity index (χ1n) is 9.48. The van der Waals surface area contributed by atoms with Crippen LogP contribution in [-0.2, 0) is 4.74 Å². The Labute approximate surface area is 164 Å². The lowest BCUT2D eigenvalue weighted by Gasteiger charge is -2.29. The lowest BCUT2D eigenvalue weighted by atomic mass is 10.2. The van der Waals surface area contributed by atoms with E-state index in [4.69, 9.17) is 15.0 Å². The Bertz CT molecular complexity index is 879. The Morgan fingerprint density at radius 2 is 2.04 bits per heavy atom. The number of morpholine rings is 1. The maximum atomic E-state index is 13.8. The van der Waals surface area contributed by atoms with Crippen molar-refractivity contribution in [2.24, 2.45) is 0 Å². The van der Waals surface area contributed by atoms with Crippen LogP contribution in [0.1, 0.15) is 12.0 Å². The van der Waals surface area contributed by atoms with Crippen LogP contribution < -0.4 is 14.7 Å². The smallest absolute Gasteiger partial charge is 0.227 e. The minimum Gasteiger partial charge on any atom is -0.378 e. The summed E-state index contributed by atoms with van der Waals surface area (Å²) >= 11 is 0. The number of anilines is 3. The second-order valence-electron chi connectivity index (χ2n) is 7.12. The van der Waals surface area contributed by atoms with Gasteiger partial charge < -0.3 is 19.4 Å². The zero-order valence-electron chi connectivity index (χ0n) is 15.9. The molecule has 7 nitrogen and oxygen atoms in total. The van der Waals surface area contributed by atoms with Crippen LogP contribution in [0.4, 0.5) is 21.8 Å². The normalized spacial score (nSPS) is 19.5. The summed E-state index contributed by atoms with van der Waals surface area (Å²) in [4.78, 5) is 15.6. The van der Waals surface area contributed by atoms with Crippen molar-refractivity contribution in [3.63, 3.8) is 0 Å². The van der Waals surface area contributed by atoms with E-state index in [1.165, 1.54) is 12.1 Å².